The fourth-order valence-electron chi connectivity index (χ4n) is 4.15. The first-order valence-corrected chi connectivity index (χ1v) is 13.1. The van der Waals surface area contributed by atoms with E-state index in [-0.39, 0.29) is 6.61 Å². The maximum atomic E-state index is 12.3. The summed E-state index contributed by atoms with van der Waals surface area (Å²) < 4.78 is 0. The molecule has 3 nitrogen and oxygen atoms in total. The predicted octanol–water partition coefficient (Wildman–Crippen LogP) is 4.94. The topological polar surface area (TPSA) is 40.5 Å². The summed E-state index contributed by atoms with van der Waals surface area (Å²) in [6.07, 6.45) is 8.76. The van der Waals surface area contributed by atoms with Crippen LogP contribution in [-0.4, -0.2) is 47.6 Å². The van der Waals surface area contributed by atoms with E-state index in [1.54, 1.807) is 0 Å². The number of hydrogen-bond donors (Lipinski definition) is 1. The highest BCUT2D eigenvalue weighted by Crippen LogP contribution is 2.22. The van der Waals surface area contributed by atoms with Crippen LogP contribution in [-0.2, 0) is 17.6 Å². The van der Waals surface area contributed by atoms with Crippen LogP contribution in [0.15, 0.2) is 48.5 Å². The second-order valence-corrected chi connectivity index (χ2v) is 9.58. The zero-order valence-electron chi connectivity index (χ0n) is 19.2. The van der Waals surface area contributed by atoms with Crippen LogP contribution in [0.3, 0.4) is 0 Å². The highest BCUT2D eigenvalue weighted by molar-refractivity contribution is 7.98. The Morgan fingerprint density at radius 3 is 2.12 bits per heavy atom. The van der Waals surface area contributed by atoms with Gasteiger partial charge in [-0.2, -0.15) is 11.8 Å². The number of hydrogen-bond acceptors (Lipinski definition) is 3. The van der Waals surface area contributed by atoms with Crippen LogP contribution >= 0.6 is 11.8 Å². The SMILES string of the molecule is CSCCCC(=O)N1CCC(Cc2ccc(C#Cc3ccc(CCCO)cc3)cc2)CC1. The lowest BCUT2D eigenvalue weighted by Gasteiger charge is -2.32. The number of carbonyl (C=O) groups excluding carboxylic acids is 1. The molecule has 1 aliphatic rings. The molecular weight excluding hydrogens is 414 g/mol. The number of thioether (sulfide) groups is 1. The second-order valence-electron chi connectivity index (χ2n) is 8.60. The molecule has 1 heterocycles. The molecule has 1 aliphatic heterocycles. The molecule has 1 amide bonds. The monoisotopic (exact) mass is 449 g/mol. The highest BCUT2D eigenvalue weighted by Gasteiger charge is 2.22. The Labute approximate surface area is 197 Å². The highest BCUT2D eigenvalue weighted by atomic mass is 32.2. The molecule has 0 unspecified atom stereocenters. The third kappa shape index (κ3) is 8.04. The van der Waals surface area contributed by atoms with E-state index >= 15 is 0 Å². The van der Waals surface area contributed by atoms with E-state index in [1.165, 1.54) is 11.1 Å². The molecule has 4 heteroatoms. The lowest BCUT2D eigenvalue weighted by molar-refractivity contribution is -0.132. The number of likely N-dealkylation sites (tertiary alicyclic amines) is 1. The molecule has 1 N–H and O–H groups in total. The zero-order chi connectivity index (χ0) is 22.6. The lowest BCUT2D eigenvalue weighted by atomic mass is 9.90. The van der Waals surface area contributed by atoms with Gasteiger partial charge in [0.25, 0.3) is 0 Å². The summed E-state index contributed by atoms with van der Waals surface area (Å²) in [6, 6.07) is 16.9. The van der Waals surface area contributed by atoms with Gasteiger partial charge in [0.15, 0.2) is 0 Å². The quantitative estimate of drug-likeness (QED) is 0.436. The molecular formula is C28H35NO2S. The Kier molecular flexibility index (Phi) is 10.2. The number of nitrogens with zero attached hydrogens (tertiary/aromatic N) is 1. The molecule has 32 heavy (non-hydrogen) atoms. The number of rotatable bonds is 9. The fraction of sp³-hybridized carbons (Fsp3) is 0.464. The van der Waals surface area contributed by atoms with E-state index in [0.717, 1.165) is 68.5 Å². The van der Waals surface area contributed by atoms with Crippen LogP contribution in [0.25, 0.3) is 0 Å². The van der Waals surface area contributed by atoms with Crippen molar-refractivity contribution in [2.45, 2.75) is 44.9 Å². The maximum Gasteiger partial charge on any atom is 0.222 e. The molecule has 0 atom stereocenters. The number of aliphatic hydroxyl groups is 1. The summed E-state index contributed by atoms with van der Waals surface area (Å²) in [5.74, 6) is 8.56. The first kappa shape index (κ1) is 24.4. The van der Waals surface area contributed by atoms with E-state index in [4.69, 9.17) is 5.11 Å². The smallest absolute Gasteiger partial charge is 0.222 e. The molecule has 0 aromatic heterocycles. The van der Waals surface area contributed by atoms with Crippen molar-refractivity contribution in [1.82, 2.24) is 4.90 Å². The summed E-state index contributed by atoms with van der Waals surface area (Å²) in [4.78, 5) is 14.4. The molecule has 170 valence electrons. The van der Waals surface area contributed by atoms with Crippen LogP contribution < -0.4 is 0 Å². The first-order chi connectivity index (χ1) is 15.7. The summed E-state index contributed by atoms with van der Waals surface area (Å²) in [5.41, 5.74) is 4.63. The third-order valence-corrected chi connectivity index (χ3v) is 6.81. The van der Waals surface area contributed by atoms with E-state index < -0.39 is 0 Å². The second kappa shape index (κ2) is 13.4. The van der Waals surface area contributed by atoms with Gasteiger partial charge in [-0.25, -0.2) is 0 Å². The Morgan fingerprint density at radius 2 is 1.56 bits per heavy atom. The molecule has 1 saturated heterocycles. The minimum absolute atomic E-state index is 0.231. The van der Waals surface area contributed by atoms with E-state index in [1.807, 2.05) is 23.9 Å². The Hall–Kier alpha value is -2.22. The molecule has 2 aromatic rings. The van der Waals surface area contributed by atoms with Gasteiger partial charge in [0.2, 0.25) is 5.91 Å². The predicted molar refractivity (Wildman–Crippen MR) is 135 cm³/mol. The molecule has 0 radical (unpaired) electrons. The third-order valence-electron chi connectivity index (χ3n) is 6.11. The molecule has 0 bridgehead atoms. The number of piperidine rings is 1. The summed E-state index contributed by atoms with van der Waals surface area (Å²) in [5, 5.41) is 8.93. The number of amides is 1. The normalized spacial score (nSPS) is 14.1. The van der Waals surface area contributed by atoms with E-state index in [2.05, 4.69) is 59.4 Å². The molecule has 0 saturated carbocycles. The lowest BCUT2D eigenvalue weighted by Crippen LogP contribution is -2.38. The number of benzene rings is 2. The van der Waals surface area contributed by atoms with Gasteiger partial charge in [-0.1, -0.05) is 36.1 Å². The van der Waals surface area contributed by atoms with Gasteiger partial charge in [-0.3, -0.25) is 4.79 Å². The zero-order valence-corrected chi connectivity index (χ0v) is 20.0. The van der Waals surface area contributed by atoms with Gasteiger partial charge >= 0.3 is 0 Å². The average Bonchev–Trinajstić information content (AvgIpc) is 2.83. The van der Waals surface area contributed by atoms with Gasteiger partial charge in [0.1, 0.15) is 0 Å². The minimum Gasteiger partial charge on any atom is -0.396 e. The molecule has 0 spiro atoms. The van der Waals surface area contributed by atoms with Crippen LogP contribution in [0.1, 0.15) is 54.4 Å². The van der Waals surface area contributed by atoms with Gasteiger partial charge in [-0.15, -0.1) is 0 Å². The summed E-state index contributed by atoms with van der Waals surface area (Å²) in [6.45, 7) is 2.05. The largest absolute Gasteiger partial charge is 0.396 e. The number of aliphatic hydroxyl groups excluding tert-OH is 1. The molecule has 2 aromatic carbocycles. The van der Waals surface area contributed by atoms with Crippen molar-refractivity contribution in [2.75, 3.05) is 31.7 Å². The Morgan fingerprint density at radius 1 is 0.969 bits per heavy atom. The van der Waals surface area contributed by atoms with Crippen molar-refractivity contribution in [2.24, 2.45) is 5.92 Å². The van der Waals surface area contributed by atoms with Crippen molar-refractivity contribution < 1.29 is 9.90 Å². The van der Waals surface area contributed by atoms with Crippen molar-refractivity contribution in [3.8, 4) is 11.8 Å². The van der Waals surface area contributed by atoms with Crippen molar-refractivity contribution in [1.29, 1.82) is 0 Å². The van der Waals surface area contributed by atoms with Crippen molar-refractivity contribution in [3.05, 3.63) is 70.8 Å². The average molecular weight is 450 g/mol. The van der Waals surface area contributed by atoms with Crippen molar-refractivity contribution in [3.63, 3.8) is 0 Å². The van der Waals surface area contributed by atoms with Gasteiger partial charge in [0.05, 0.1) is 0 Å². The number of aryl methyl sites for hydroxylation is 1. The minimum atomic E-state index is 0.231. The Bertz CT molecular complexity index is 888. The molecule has 1 fully saturated rings. The standard InChI is InChI=1S/C28H35NO2S/c1-32-21-3-5-28(31)29-18-16-27(17-19-29)22-26-14-12-25(13-15-26)11-10-24-8-6-23(7-9-24)4-2-20-30/h6-9,12-15,27,30H,2-5,16-22H2,1H3. The number of carbonyl (C=O) groups is 1. The van der Waals surface area contributed by atoms with Gasteiger partial charge in [-0.05, 0) is 91.8 Å². The van der Waals surface area contributed by atoms with Crippen LogP contribution in [0.4, 0.5) is 0 Å². The molecule has 3 rings (SSSR count). The van der Waals surface area contributed by atoms with Gasteiger partial charge < -0.3 is 10.0 Å². The van der Waals surface area contributed by atoms with E-state index in [0.29, 0.717) is 18.2 Å². The van der Waals surface area contributed by atoms with Crippen LogP contribution in [0.2, 0.25) is 0 Å². The van der Waals surface area contributed by atoms with Crippen LogP contribution in [0.5, 0.6) is 0 Å². The summed E-state index contributed by atoms with van der Waals surface area (Å²) in [7, 11) is 0. The van der Waals surface area contributed by atoms with E-state index in [9.17, 15) is 4.79 Å². The Balaban J connectivity index is 1.45. The van der Waals surface area contributed by atoms with Gasteiger partial charge in [0, 0.05) is 37.2 Å². The fourth-order valence-corrected chi connectivity index (χ4v) is 4.59. The van der Waals surface area contributed by atoms with Crippen molar-refractivity contribution >= 4 is 17.7 Å². The first-order valence-electron chi connectivity index (χ1n) is 11.8. The van der Waals surface area contributed by atoms with Crippen LogP contribution in [0, 0.1) is 17.8 Å². The molecule has 0 aliphatic carbocycles. The summed E-state index contributed by atoms with van der Waals surface area (Å²) >= 11 is 1.81. The maximum absolute atomic E-state index is 12.3.